The molecule has 0 radical (unpaired) electrons. The zero-order valence-electron chi connectivity index (χ0n) is 18.4. The number of carbonyl (C=O) groups excluding carboxylic acids is 2. The second-order valence-corrected chi connectivity index (χ2v) is 9.17. The van der Waals surface area contributed by atoms with Crippen LogP contribution in [0.5, 0.6) is 5.75 Å². The summed E-state index contributed by atoms with van der Waals surface area (Å²) in [5.41, 5.74) is 2.77. The number of oxime groups is 1. The van der Waals surface area contributed by atoms with Gasteiger partial charge in [-0.05, 0) is 13.8 Å². The van der Waals surface area contributed by atoms with Gasteiger partial charge in [-0.15, -0.1) is 11.3 Å². The van der Waals surface area contributed by atoms with Crippen molar-refractivity contribution >= 4 is 44.4 Å². The molecule has 3 heterocycles. The van der Waals surface area contributed by atoms with Gasteiger partial charge in [0.2, 0.25) is 15.8 Å². The van der Waals surface area contributed by atoms with E-state index in [2.05, 4.69) is 19.7 Å². The van der Waals surface area contributed by atoms with E-state index >= 15 is 0 Å². The molecule has 0 saturated carbocycles. The molecule has 1 aliphatic heterocycles. The van der Waals surface area contributed by atoms with Crippen molar-refractivity contribution in [2.45, 2.75) is 32.0 Å². The van der Waals surface area contributed by atoms with Crippen molar-refractivity contribution in [3.8, 4) is 5.75 Å². The minimum Gasteiger partial charge on any atom is -0.724 e. The van der Waals surface area contributed by atoms with E-state index < -0.39 is 57.3 Å². The second-order valence-electron chi connectivity index (χ2n) is 7.32. The third kappa shape index (κ3) is 6.28. The minimum absolute atomic E-state index is 0. The van der Waals surface area contributed by atoms with Crippen LogP contribution in [0.25, 0.3) is 0 Å². The van der Waals surface area contributed by atoms with Gasteiger partial charge in [0.05, 0.1) is 11.7 Å². The van der Waals surface area contributed by atoms with Gasteiger partial charge in [0, 0.05) is 11.4 Å². The van der Waals surface area contributed by atoms with E-state index in [-0.39, 0.29) is 46.1 Å². The summed E-state index contributed by atoms with van der Waals surface area (Å²) in [5.74, 6) is -2.69. The maximum atomic E-state index is 12.9. The summed E-state index contributed by atoms with van der Waals surface area (Å²) in [7, 11) is -5.23. The van der Waals surface area contributed by atoms with E-state index in [1.54, 1.807) is 0 Å². The summed E-state index contributed by atoms with van der Waals surface area (Å²) in [4.78, 5) is 45.6. The molecule has 0 spiro atoms. The van der Waals surface area contributed by atoms with Crippen molar-refractivity contribution in [3.63, 3.8) is 0 Å². The maximum Gasteiger partial charge on any atom is 1.00 e. The Morgan fingerprint density at radius 2 is 2.09 bits per heavy atom. The monoisotopic (exact) mass is 540 g/mol. The van der Waals surface area contributed by atoms with Crippen molar-refractivity contribution in [3.05, 3.63) is 39.3 Å². The first-order valence-corrected chi connectivity index (χ1v) is 11.3. The Bertz CT molecular complexity index is 1340. The molecule has 1 fully saturated rings. The number of hydroxylamine groups is 2. The van der Waals surface area contributed by atoms with E-state index in [0.29, 0.717) is 9.79 Å². The molecule has 35 heavy (non-hydrogen) atoms. The quantitative estimate of drug-likeness (QED) is 0.0469. The summed E-state index contributed by atoms with van der Waals surface area (Å²) in [6.45, 7) is 2.16. The smallest absolute Gasteiger partial charge is 0.724 e. The van der Waals surface area contributed by atoms with Crippen LogP contribution in [0.2, 0.25) is 0 Å². The number of hydrogen-bond acceptors (Lipinski definition) is 14. The largest absolute Gasteiger partial charge is 1.00 e. The normalized spacial score (nSPS) is 17.3. The third-order valence-electron chi connectivity index (χ3n) is 4.56. The molecule has 2 amide bonds. The SMILES string of the molecule is CC1(C)[C@H](NC(=O)/C(=N\OCc2cc(=O)c(O)cn2O)c2csc(N)n2)C(=O)N1OS(=O)(=O)[O-].[Na+]. The molecular weight excluding hydrogens is 523 g/mol. The van der Waals surface area contributed by atoms with Crippen LogP contribution in [0.1, 0.15) is 25.2 Å². The summed E-state index contributed by atoms with van der Waals surface area (Å²) in [6, 6.07) is -0.428. The first-order valence-electron chi connectivity index (χ1n) is 9.06. The molecule has 0 aromatic carbocycles. The molecule has 19 heteroatoms. The van der Waals surface area contributed by atoms with Crippen molar-refractivity contribution in [1.29, 1.82) is 0 Å². The summed E-state index contributed by atoms with van der Waals surface area (Å²) < 4.78 is 37.0. The number of aromatic nitrogens is 2. The van der Waals surface area contributed by atoms with Gasteiger partial charge < -0.3 is 30.8 Å². The van der Waals surface area contributed by atoms with Crippen LogP contribution in [0, 0.1) is 0 Å². The van der Waals surface area contributed by atoms with Gasteiger partial charge in [-0.25, -0.2) is 13.4 Å². The van der Waals surface area contributed by atoms with Gasteiger partial charge >= 0.3 is 29.6 Å². The van der Waals surface area contributed by atoms with Crippen molar-refractivity contribution < 1.29 is 71.6 Å². The van der Waals surface area contributed by atoms with Gasteiger partial charge in [0.15, 0.2) is 23.2 Å². The number of nitrogens with one attached hydrogen (secondary N) is 1. The predicted molar refractivity (Wildman–Crippen MR) is 111 cm³/mol. The number of nitrogen functional groups attached to an aromatic ring is 1. The van der Waals surface area contributed by atoms with Crippen molar-refractivity contribution in [2.75, 3.05) is 5.73 Å². The van der Waals surface area contributed by atoms with Gasteiger partial charge in [0.1, 0.15) is 17.4 Å². The number of anilines is 1. The molecule has 0 unspecified atom stereocenters. The summed E-state index contributed by atoms with van der Waals surface area (Å²) >= 11 is 0.972. The number of pyridine rings is 1. The van der Waals surface area contributed by atoms with Crippen LogP contribution < -0.4 is 46.0 Å². The number of rotatable bonds is 8. The number of carbonyl (C=O) groups is 2. The molecule has 184 valence electrons. The molecule has 16 nitrogen and oxygen atoms in total. The van der Waals surface area contributed by atoms with E-state index in [9.17, 15) is 37.7 Å². The molecule has 1 saturated heterocycles. The average molecular weight is 540 g/mol. The van der Waals surface area contributed by atoms with Crippen LogP contribution >= 0.6 is 11.3 Å². The van der Waals surface area contributed by atoms with Gasteiger partial charge in [-0.1, -0.05) is 5.16 Å². The van der Waals surface area contributed by atoms with Gasteiger partial charge in [0.25, 0.3) is 11.8 Å². The number of amides is 2. The Morgan fingerprint density at radius 3 is 2.63 bits per heavy atom. The second kappa shape index (κ2) is 10.5. The van der Waals surface area contributed by atoms with E-state index in [4.69, 9.17) is 10.6 Å². The maximum absolute atomic E-state index is 12.9. The zero-order valence-corrected chi connectivity index (χ0v) is 22.0. The summed E-state index contributed by atoms with van der Waals surface area (Å²) in [5, 5.41) is 26.8. The standard InChI is InChI=1S/C16H18N6O10S2.Na/c1-16(2)12(14(26)22(16)32-34(28,29)30)19-13(25)11(8-6-33-15(17)18-8)20-31-5-7-3-9(23)10(24)4-21(7)27;/h3-4,6,12,24,27H,5H2,1-2H3,(H2,17,18)(H,19,25)(H,28,29,30);/q;+1/p-1/b20-11-;/t12-;/m1./s1. The first kappa shape index (κ1) is 28.5. The first-order chi connectivity index (χ1) is 15.7. The number of nitrogens with zero attached hydrogens (tertiary/aromatic N) is 4. The molecule has 1 aliphatic rings. The number of β-lactam (4-membered cyclic amide) rings is 1. The molecular formula is C16H17N6NaO10S2. The fraction of sp³-hybridized carbons (Fsp3) is 0.312. The van der Waals surface area contributed by atoms with E-state index in [1.165, 1.54) is 19.2 Å². The topological polar surface area (TPSA) is 239 Å². The molecule has 0 bridgehead atoms. The number of nitrogens with two attached hydrogens (primary N) is 1. The molecule has 5 N–H and O–H groups in total. The third-order valence-corrected chi connectivity index (χ3v) is 5.56. The Morgan fingerprint density at radius 1 is 1.43 bits per heavy atom. The molecule has 2 aromatic heterocycles. The number of hydrogen-bond donors (Lipinski definition) is 4. The van der Waals surface area contributed by atoms with Crippen molar-refractivity contribution in [1.82, 2.24) is 20.1 Å². The molecule has 0 aliphatic carbocycles. The molecule has 2 aromatic rings. The van der Waals surface area contributed by atoms with Crippen LogP contribution in [0.3, 0.4) is 0 Å². The van der Waals surface area contributed by atoms with Gasteiger partial charge in [-0.3, -0.25) is 14.4 Å². The Balaban J connectivity index is 0.00000432. The molecule has 1 atom stereocenters. The van der Waals surface area contributed by atoms with Crippen LogP contribution in [-0.4, -0.2) is 67.2 Å². The minimum atomic E-state index is -5.23. The zero-order chi connectivity index (χ0) is 25.4. The van der Waals surface area contributed by atoms with Crippen LogP contribution in [0.4, 0.5) is 5.13 Å². The van der Waals surface area contributed by atoms with Crippen molar-refractivity contribution in [2.24, 2.45) is 5.16 Å². The van der Waals surface area contributed by atoms with Crippen LogP contribution in [0.15, 0.2) is 27.6 Å². The number of thiazole rings is 1. The Labute approximate surface area is 223 Å². The van der Waals surface area contributed by atoms with Crippen LogP contribution in [-0.2, 0) is 35.7 Å². The van der Waals surface area contributed by atoms with E-state index in [0.717, 1.165) is 23.6 Å². The Hall–Kier alpha value is -2.74. The van der Waals surface area contributed by atoms with E-state index in [1.807, 2.05) is 0 Å². The molecule has 3 rings (SSSR count). The fourth-order valence-corrected chi connectivity index (χ4v) is 3.84. The average Bonchev–Trinajstić information content (AvgIpc) is 3.16. The Kier molecular flexibility index (Phi) is 8.53. The summed E-state index contributed by atoms with van der Waals surface area (Å²) in [6.07, 6.45) is 0.736. The van der Waals surface area contributed by atoms with Gasteiger partial charge in [-0.2, -0.15) is 14.1 Å². The number of aromatic hydroxyl groups is 1. The predicted octanol–water partition coefficient (Wildman–Crippen LogP) is -4.75. The fourth-order valence-electron chi connectivity index (χ4n) is 2.84.